The molecule has 0 radical (unpaired) electrons. The summed E-state index contributed by atoms with van der Waals surface area (Å²) in [5, 5.41) is 14.5. The van der Waals surface area contributed by atoms with E-state index in [-0.39, 0.29) is 17.8 Å². The second-order valence-electron chi connectivity index (χ2n) is 9.68. The van der Waals surface area contributed by atoms with Crippen molar-refractivity contribution >= 4 is 39.7 Å². The molecule has 0 unspecified atom stereocenters. The Balaban J connectivity index is 1.29. The molecule has 1 fully saturated rings. The van der Waals surface area contributed by atoms with Crippen molar-refractivity contribution in [3.63, 3.8) is 0 Å². The Hall–Kier alpha value is -4.67. The number of nitrogens with zero attached hydrogens (tertiary/aromatic N) is 5. The molecule has 1 saturated carbocycles. The van der Waals surface area contributed by atoms with E-state index in [9.17, 15) is 9.59 Å². The molecule has 1 aliphatic rings. The van der Waals surface area contributed by atoms with Gasteiger partial charge in [0.25, 0.3) is 0 Å². The minimum Gasteiger partial charge on any atom is -0.453 e. The van der Waals surface area contributed by atoms with Gasteiger partial charge in [-0.3, -0.25) is 14.2 Å². The Morgan fingerprint density at radius 2 is 2.00 bits per heavy atom. The van der Waals surface area contributed by atoms with E-state index in [1.807, 2.05) is 47.9 Å². The number of rotatable bonds is 5. The van der Waals surface area contributed by atoms with Crippen LogP contribution in [-0.4, -0.2) is 48.5 Å². The predicted octanol–water partition coefficient (Wildman–Crippen LogP) is 4.17. The molecule has 194 valence electrons. The molecule has 1 aromatic carbocycles. The number of carbonyl (C=O) groups is 1. The van der Waals surface area contributed by atoms with E-state index in [4.69, 9.17) is 9.72 Å². The van der Waals surface area contributed by atoms with Crippen LogP contribution >= 0.6 is 0 Å². The number of methoxy groups -OCH3 is 1. The molecule has 0 bridgehead atoms. The molecule has 5 aromatic rings. The Morgan fingerprint density at radius 3 is 2.84 bits per heavy atom. The lowest BCUT2D eigenvalue weighted by molar-refractivity contribution is 0.166. The van der Waals surface area contributed by atoms with Crippen LogP contribution in [0.25, 0.3) is 33.2 Å². The van der Waals surface area contributed by atoms with Gasteiger partial charge in [0.1, 0.15) is 11.6 Å². The van der Waals surface area contributed by atoms with Crippen LogP contribution in [0.4, 0.5) is 16.4 Å². The number of H-pyrrole nitrogens is 1. The third kappa shape index (κ3) is 4.15. The van der Waals surface area contributed by atoms with Crippen molar-refractivity contribution in [3.8, 4) is 11.3 Å². The number of carbonyl (C=O) groups excluding carboxylic acids is 1. The molecule has 11 nitrogen and oxygen atoms in total. The average Bonchev–Trinajstić information content (AvgIpc) is 3.60. The maximum absolute atomic E-state index is 13.2. The smallest absolute Gasteiger partial charge is 0.407 e. The van der Waals surface area contributed by atoms with E-state index in [0.29, 0.717) is 18.1 Å². The van der Waals surface area contributed by atoms with Crippen molar-refractivity contribution in [1.82, 2.24) is 34.6 Å². The second-order valence-corrected chi connectivity index (χ2v) is 9.68. The number of aryl methyl sites for hydroxylation is 2. The van der Waals surface area contributed by atoms with E-state index in [0.717, 1.165) is 51.7 Å². The van der Waals surface area contributed by atoms with Gasteiger partial charge >= 0.3 is 11.8 Å². The van der Waals surface area contributed by atoms with Crippen molar-refractivity contribution in [2.24, 2.45) is 7.05 Å². The number of benzene rings is 1. The Morgan fingerprint density at radius 1 is 1.13 bits per heavy atom. The monoisotopic (exact) mass is 512 g/mol. The van der Waals surface area contributed by atoms with Gasteiger partial charge < -0.3 is 15.4 Å². The number of anilines is 2. The van der Waals surface area contributed by atoms with Crippen molar-refractivity contribution < 1.29 is 9.53 Å². The fraction of sp³-hybridized carbons (Fsp3) is 0.296. The summed E-state index contributed by atoms with van der Waals surface area (Å²) in [6.45, 7) is 2.00. The number of hydrogen-bond donors (Lipinski definition) is 3. The fourth-order valence-electron chi connectivity index (χ4n) is 5.32. The van der Waals surface area contributed by atoms with E-state index in [1.54, 1.807) is 17.8 Å². The standard InChI is InChI=1S/C27H28N8O3/c1-15-19-11-16(7-10-21(19)33-32-15)20-5-4-6-24(30-20)31-25-13-22-23(14-28-25)34(2)27(37)35(22)18-9-8-17(12-18)29-26(36)38-3/h4-7,10-11,13-14,17-18H,8-9,12H2,1-3H3,(H,29,36)(H,32,33)(H,28,30,31)/t17-,18-/m1/s1. The topological polar surface area (TPSA) is 132 Å². The highest BCUT2D eigenvalue weighted by Crippen LogP contribution is 2.32. The van der Waals surface area contributed by atoms with Gasteiger partial charge in [-0.15, -0.1) is 0 Å². The van der Waals surface area contributed by atoms with Crippen molar-refractivity contribution in [2.45, 2.75) is 38.3 Å². The predicted molar refractivity (Wildman–Crippen MR) is 145 cm³/mol. The summed E-state index contributed by atoms with van der Waals surface area (Å²) in [5.41, 5.74) is 5.17. The molecular weight excluding hydrogens is 484 g/mol. The van der Waals surface area contributed by atoms with Crippen LogP contribution in [0.15, 0.2) is 53.5 Å². The van der Waals surface area contributed by atoms with Crippen molar-refractivity contribution in [1.29, 1.82) is 0 Å². The van der Waals surface area contributed by atoms with Crippen LogP contribution in [0.5, 0.6) is 0 Å². The summed E-state index contributed by atoms with van der Waals surface area (Å²) in [4.78, 5) is 34.2. The molecule has 4 heterocycles. The van der Waals surface area contributed by atoms with Gasteiger partial charge in [-0.05, 0) is 50.5 Å². The fourth-order valence-corrected chi connectivity index (χ4v) is 5.32. The number of nitrogens with one attached hydrogen (secondary N) is 3. The number of aromatic nitrogens is 6. The Labute approximate surface area is 217 Å². The molecule has 4 aromatic heterocycles. The summed E-state index contributed by atoms with van der Waals surface area (Å²) < 4.78 is 8.16. The summed E-state index contributed by atoms with van der Waals surface area (Å²) >= 11 is 0. The van der Waals surface area contributed by atoms with Crippen molar-refractivity contribution in [3.05, 3.63) is 64.8 Å². The van der Waals surface area contributed by atoms with Crippen LogP contribution in [0, 0.1) is 6.92 Å². The van der Waals surface area contributed by atoms with Gasteiger partial charge in [0.15, 0.2) is 0 Å². The number of hydrogen-bond acceptors (Lipinski definition) is 7. The van der Waals surface area contributed by atoms with E-state index in [2.05, 4.69) is 31.9 Å². The van der Waals surface area contributed by atoms with Gasteiger partial charge in [0.05, 0.1) is 35.6 Å². The zero-order valence-corrected chi connectivity index (χ0v) is 21.4. The summed E-state index contributed by atoms with van der Waals surface area (Å²) in [5.74, 6) is 1.23. The number of pyridine rings is 2. The van der Waals surface area contributed by atoms with Gasteiger partial charge in [0.2, 0.25) is 0 Å². The molecule has 38 heavy (non-hydrogen) atoms. The van der Waals surface area contributed by atoms with Gasteiger partial charge in [0, 0.05) is 41.8 Å². The molecule has 3 N–H and O–H groups in total. The quantitative estimate of drug-likeness (QED) is 0.322. The second kappa shape index (κ2) is 9.33. The first-order valence-electron chi connectivity index (χ1n) is 12.5. The number of ether oxygens (including phenoxy) is 1. The summed E-state index contributed by atoms with van der Waals surface area (Å²) in [6.07, 6.45) is 3.46. The molecular formula is C27H28N8O3. The molecule has 6 rings (SSSR count). The van der Waals surface area contributed by atoms with Gasteiger partial charge in [-0.1, -0.05) is 12.1 Å². The minimum atomic E-state index is -0.453. The first-order chi connectivity index (χ1) is 18.4. The van der Waals surface area contributed by atoms with Crippen molar-refractivity contribution in [2.75, 3.05) is 12.4 Å². The Bertz CT molecular complexity index is 1730. The summed E-state index contributed by atoms with van der Waals surface area (Å²) in [6, 6.07) is 13.7. The highest BCUT2D eigenvalue weighted by atomic mass is 16.5. The molecule has 1 aliphatic carbocycles. The largest absolute Gasteiger partial charge is 0.453 e. The van der Waals surface area contributed by atoms with E-state index >= 15 is 0 Å². The maximum atomic E-state index is 13.2. The lowest BCUT2D eigenvalue weighted by Crippen LogP contribution is -2.33. The Kier molecular flexibility index (Phi) is 5.82. The lowest BCUT2D eigenvalue weighted by Gasteiger charge is -2.14. The third-order valence-electron chi connectivity index (χ3n) is 7.30. The molecule has 0 aliphatic heterocycles. The summed E-state index contributed by atoms with van der Waals surface area (Å²) in [7, 11) is 3.10. The lowest BCUT2D eigenvalue weighted by atomic mass is 10.1. The number of aromatic amines is 1. The minimum absolute atomic E-state index is 0.0358. The van der Waals surface area contributed by atoms with E-state index < -0.39 is 6.09 Å². The zero-order valence-electron chi connectivity index (χ0n) is 21.4. The molecule has 0 saturated heterocycles. The first-order valence-corrected chi connectivity index (χ1v) is 12.5. The van der Waals surface area contributed by atoms with Crippen LogP contribution in [-0.2, 0) is 11.8 Å². The van der Waals surface area contributed by atoms with Crippen LogP contribution in [0.2, 0.25) is 0 Å². The maximum Gasteiger partial charge on any atom is 0.407 e. The van der Waals surface area contributed by atoms with Crippen LogP contribution in [0.3, 0.4) is 0 Å². The van der Waals surface area contributed by atoms with E-state index in [1.165, 1.54) is 7.11 Å². The van der Waals surface area contributed by atoms with Crippen LogP contribution in [0.1, 0.15) is 31.0 Å². The SMILES string of the molecule is COC(=O)N[C@@H]1CC[C@@H](n2c(=O)n(C)c3cnc(Nc4cccc(-c5ccc6n[nH]c(C)c6c5)n4)cc32)C1. The van der Waals surface area contributed by atoms with Gasteiger partial charge in [-0.2, -0.15) is 5.10 Å². The van der Waals surface area contributed by atoms with Gasteiger partial charge in [-0.25, -0.2) is 19.6 Å². The normalized spacial score (nSPS) is 17.2. The highest BCUT2D eigenvalue weighted by molar-refractivity contribution is 5.86. The molecule has 1 amide bonds. The molecule has 2 atom stereocenters. The number of amides is 1. The third-order valence-corrected chi connectivity index (χ3v) is 7.30. The number of fused-ring (bicyclic) bond motifs is 2. The first kappa shape index (κ1) is 23.7. The number of imidazole rings is 1. The number of alkyl carbamates (subject to hydrolysis) is 1. The highest BCUT2D eigenvalue weighted by Gasteiger charge is 2.30. The molecule has 11 heteroatoms. The zero-order chi connectivity index (χ0) is 26.4. The van der Waals surface area contributed by atoms with Crippen LogP contribution < -0.4 is 16.3 Å². The average molecular weight is 513 g/mol. The molecule has 0 spiro atoms.